The third kappa shape index (κ3) is 4.05. The molecule has 0 bridgehead atoms. The molecule has 2 rings (SSSR count). The van der Waals surface area contributed by atoms with Crippen LogP contribution in [0.5, 0.6) is 0 Å². The van der Waals surface area contributed by atoms with E-state index < -0.39 is 0 Å². The van der Waals surface area contributed by atoms with Crippen molar-refractivity contribution in [3.8, 4) is 0 Å². The number of rotatable bonds is 6. The molecule has 0 aliphatic rings. The molecule has 1 aromatic heterocycles. The van der Waals surface area contributed by atoms with Crippen molar-refractivity contribution in [2.24, 2.45) is 0 Å². The number of hydrogen-bond donors (Lipinski definition) is 1. The Kier molecular flexibility index (Phi) is 5.40. The molecule has 4 heteroatoms. The van der Waals surface area contributed by atoms with Gasteiger partial charge < -0.3 is 10.1 Å². The molecule has 0 fully saturated rings. The first-order valence-electron chi connectivity index (χ1n) is 6.25. The van der Waals surface area contributed by atoms with E-state index in [0.717, 1.165) is 10.9 Å². The quantitative estimate of drug-likeness (QED) is 0.853. The molecule has 0 radical (unpaired) electrons. The van der Waals surface area contributed by atoms with Gasteiger partial charge in [0.2, 0.25) is 0 Å². The molecule has 102 valence electrons. The van der Waals surface area contributed by atoms with Crippen molar-refractivity contribution in [3.63, 3.8) is 0 Å². The zero-order chi connectivity index (χ0) is 13.7. The molecular weight excluding hydrogens is 278 g/mol. The summed E-state index contributed by atoms with van der Waals surface area (Å²) in [5.41, 5.74) is 2.51. The second-order valence-electron chi connectivity index (χ2n) is 4.45. The third-order valence-electron chi connectivity index (χ3n) is 3.04. The maximum Gasteiger partial charge on any atom is 0.0931 e. The van der Waals surface area contributed by atoms with Crippen LogP contribution in [0.2, 0.25) is 4.34 Å². The van der Waals surface area contributed by atoms with Crippen LogP contribution in [0, 0.1) is 0 Å². The smallest absolute Gasteiger partial charge is 0.0931 e. The molecule has 2 aromatic rings. The van der Waals surface area contributed by atoms with Gasteiger partial charge in [0, 0.05) is 24.6 Å². The fraction of sp³-hybridized carbons (Fsp3) is 0.333. The Morgan fingerprint density at radius 2 is 1.95 bits per heavy atom. The second-order valence-corrected chi connectivity index (χ2v) is 6.19. The van der Waals surface area contributed by atoms with Gasteiger partial charge >= 0.3 is 0 Å². The molecule has 0 aliphatic carbocycles. The van der Waals surface area contributed by atoms with E-state index in [4.69, 9.17) is 16.3 Å². The molecule has 0 saturated carbocycles. The van der Waals surface area contributed by atoms with Gasteiger partial charge in [-0.2, -0.15) is 0 Å². The highest BCUT2D eigenvalue weighted by Crippen LogP contribution is 2.26. The van der Waals surface area contributed by atoms with Gasteiger partial charge in [0.1, 0.15) is 0 Å². The van der Waals surface area contributed by atoms with Crippen LogP contribution in [0.15, 0.2) is 36.4 Å². The lowest BCUT2D eigenvalue weighted by Crippen LogP contribution is -2.18. The fourth-order valence-corrected chi connectivity index (χ4v) is 3.04. The zero-order valence-corrected chi connectivity index (χ0v) is 12.7. The van der Waals surface area contributed by atoms with Crippen molar-refractivity contribution in [1.82, 2.24) is 5.32 Å². The highest BCUT2D eigenvalue weighted by atomic mass is 35.5. The molecule has 1 heterocycles. The molecule has 0 saturated heterocycles. The average molecular weight is 296 g/mol. The first-order chi connectivity index (χ1) is 9.20. The summed E-state index contributed by atoms with van der Waals surface area (Å²) >= 11 is 7.59. The molecule has 2 nitrogen and oxygen atoms in total. The highest BCUT2D eigenvalue weighted by molar-refractivity contribution is 7.16. The normalized spacial score (nSPS) is 12.6. The number of thiophene rings is 1. The number of hydrogen-bond acceptors (Lipinski definition) is 3. The van der Waals surface area contributed by atoms with Gasteiger partial charge in [-0.1, -0.05) is 35.9 Å². The standard InChI is InChI=1S/C15H18ClNOS/c1-11(14-7-8-15(16)19-14)17-9-12-5-3-4-6-13(12)10-18-2/h3-8,11,17H,9-10H2,1-2H3. The first-order valence-corrected chi connectivity index (χ1v) is 7.44. The Bertz CT molecular complexity index is 526. The second kappa shape index (κ2) is 7.06. The SMILES string of the molecule is COCc1ccccc1CNC(C)c1ccc(Cl)s1. The summed E-state index contributed by atoms with van der Waals surface area (Å²) < 4.78 is 6.06. The van der Waals surface area contributed by atoms with Gasteiger partial charge in [0.05, 0.1) is 10.9 Å². The first kappa shape index (κ1) is 14.5. The van der Waals surface area contributed by atoms with E-state index >= 15 is 0 Å². The summed E-state index contributed by atoms with van der Waals surface area (Å²) in [5.74, 6) is 0. The summed E-state index contributed by atoms with van der Waals surface area (Å²) in [7, 11) is 1.72. The largest absolute Gasteiger partial charge is 0.380 e. The van der Waals surface area contributed by atoms with Crippen LogP contribution >= 0.6 is 22.9 Å². The number of nitrogens with one attached hydrogen (secondary N) is 1. The van der Waals surface area contributed by atoms with E-state index in [2.05, 4.69) is 36.5 Å². The highest BCUT2D eigenvalue weighted by Gasteiger charge is 2.09. The van der Waals surface area contributed by atoms with Gasteiger partial charge in [-0.15, -0.1) is 11.3 Å². The number of methoxy groups -OCH3 is 1. The van der Waals surface area contributed by atoms with Crippen LogP contribution in [-0.2, 0) is 17.9 Å². The Balaban J connectivity index is 1.98. The van der Waals surface area contributed by atoms with Crippen LogP contribution < -0.4 is 5.32 Å². The monoisotopic (exact) mass is 295 g/mol. The van der Waals surface area contributed by atoms with Crippen molar-refractivity contribution in [1.29, 1.82) is 0 Å². The molecule has 0 amide bonds. The van der Waals surface area contributed by atoms with Crippen molar-refractivity contribution < 1.29 is 4.74 Å². The van der Waals surface area contributed by atoms with E-state index in [1.165, 1.54) is 16.0 Å². The summed E-state index contributed by atoms with van der Waals surface area (Å²) in [6, 6.07) is 12.7. The van der Waals surface area contributed by atoms with Crippen molar-refractivity contribution >= 4 is 22.9 Å². The van der Waals surface area contributed by atoms with Gasteiger partial charge in [-0.05, 0) is 30.2 Å². The minimum absolute atomic E-state index is 0.299. The zero-order valence-electron chi connectivity index (χ0n) is 11.2. The van der Waals surface area contributed by atoms with Crippen molar-refractivity contribution in [2.75, 3.05) is 7.11 Å². The van der Waals surface area contributed by atoms with Crippen LogP contribution in [0.3, 0.4) is 0 Å². The lowest BCUT2D eigenvalue weighted by Gasteiger charge is -2.14. The maximum atomic E-state index is 5.96. The average Bonchev–Trinajstić information content (AvgIpc) is 2.84. The van der Waals surface area contributed by atoms with E-state index in [1.54, 1.807) is 18.4 Å². The van der Waals surface area contributed by atoms with Crippen LogP contribution in [-0.4, -0.2) is 7.11 Å². The van der Waals surface area contributed by atoms with E-state index in [1.807, 2.05) is 12.1 Å². The molecule has 1 atom stereocenters. The lowest BCUT2D eigenvalue weighted by atomic mass is 10.1. The Morgan fingerprint density at radius 1 is 1.21 bits per heavy atom. The van der Waals surface area contributed by atoms with Gasteiger partial charge in [-0.3, -0.25) is 0 Å². The number of benzene rings is 1. The Hall–Kier alpha value is -0.870. The number of ether oxygens (including phenoxy) is 1. The molecular formula is C15H18ClNOS. The lowest BCUT2D eigenvalue weighted by molar-refractivity contribution is 0.184. The molecule has 0 spiro atoms. The van der Waals surface area contributed by atoms with Crippen LogP contribution in [0.4, 0.5) is 0 Å². The third-order valence-corrected chi connectivity index (χ3v) is 4.45. The Morgan fingerprint density at radius 3 is 2.58 bits per heavy atom. The Labute approximate surface area is 123 Å². The van der Waals surface area contributed by atoms with E-state index in [9.17, 15) is 0 Å². The molecule has 1 unspecified atom stereocenters. The van der Waals surface area contributed by atoms with Crippen molar-refractivity contribution in [3.05, 3.63) is 56.7 Å². The summed E-state index contributed by atoms with van der Waals surface area (Å²) in [5, 5.41) is 3.52. The number of halogens is 1. The van der Waals surface area contributed by atoms with Gasteiger partial charge in [-0.25, -0.2) is 0 Å². The summed E-state index contributed by atoms with van der Waals surface area (Å²) in [6.07, 6.45) is 0. The van der Waals surface area contributed by atoms with E-state index in [-0.39, 0.29) is 0 Å². The minimum atomic E-state index is 0.299. The topological polar surface area (TPSA) is 21.3 Å². The fourth-order valence-electron chi connectivity index (χ4n) is 1.95. The predicted molar refractivity (Wildman–Crippen MR) is 81.7 cm³/mol. The molecule has 1 N–H and O–H groups in total. The van der Waals surface area contributed by atoms with Crippen LogP contribution in [0.1, 0.15) is 29.0 Å². The van der Waals surface area contributed by atoms with Gasteiger partial charge in [0.25, 0.3) is 0 Å². The molecule has 1 aromatic carbocycles. The molecule has 0 aliphatic heterocycles. The maximum absolute atomic E-state index is 5.96. The molecule has 19 heavy (non-hydrogen) atoms. The minimum Gasteiger partial charge on any atom is -0.380 e. The predicted octanol–water partition coefficient (Wildman–Crippen LogP) is 4.40. The van der Waals surface area contributed by atoms with Crippen LogP contribution in [0.25, 0.3) is 0 Å². The van der Waals surface area contributed by atoms with Crippen molar-refractivity contribution in [2.45, 2.75) is 26.1 Å². The summed E-state index contributed by atoms with van der Waals surface area (Å²) in [4.78, 5) is 1.26. The van der Waals surface area contributed by atoms with E-state index in [0.29, 0.717) is 12.6 Å². The summed E-state index contributed by atoms with van der Waals surface area (Å²) in [6.45, 7) is 3.63. The van der Waals surface area contributed by atoms with Gasteiger partial charge in [0.15, 0.2) is 0 Å².